The Hall–Kier alpha value is -2.36. The van der Waals surface area contributed by atoms with Gasteiger partial charge >= 0.3 is 0 Å². The molecule has 1 aromatic carbocycles. The maximum absolute atomic E-state index is 12.5. The van der Waals surface area contributed by atoms with Crippen molar-refractivity contribution in [2.45, 2.75) is 38.5 Å². The minimum atomic E-state index is 0.0531. The Balaban J connectivity index is 1.57. The van der Waals surface area contributed by atoms with Crippen LogP contribution in [0.4, 0.5) is 0 Å². The quantitative estimate of drug-likeness (QED) is 0.800. The van der Waals surface area contributed by atoms with E-state index in [1.165, 1.54) is 5.56 Å². The van der Waals surface area contributed by atoms with Crippen molar-refractivity contribution in [3.05, 3.63) is 59.9 Å². The predicted octanol–water partition coefficient (Wildman–Crippen LogP) is 3.99. The van der Waals surface area contributed by atoms with E-state index >= 15 is 0 Å². The zero-order valence-corrected chi connectivity index (χ0v) is 15.0. The van der Waals surface area contributed by atoms with Crippen LogP contribution in [-0.2, 0) is 4.79 Å². The van der Waals surface area contributed by atoms with E-state index in [4.69, 9.17) is 4.74 Å². The maximum Gasteiger partial charge on any atom is 0.260 e. The molecule has 0 radical (unpaired) electrons. The first-order chi connectivity index (χ1) is 12.2. The molecule has 132 valence electrons. The van der Waals surface area contributed by atoms with E-state index in [9.17, 15) is 4.79 Å². The van der Waals surface area contributed by atoms with E-state index in [1.54, 1.807) is 0 Å². The summed E-state index contributed by atoms with van der Waals surface area (Å²) in [4.78, 5) is 18.8. The molecule has 4 heteroatoms. The van der Waals surface area contributed by atoms with Crippen LogP contribution >= 0.6 is 0 Å². The predicted molar refractivity (Wildman–Crippen MR) is 98.8 cm³/mol. The molecule has 0 saturated carbocycles. The van der Waals surface area contributed by atoms with Crippen LogP contribution in [0.25, 0.3) is 0 Å². The fraction of sp³-hybridized carbons (Fsp3) is 0.429. The first-order valence-electron chi connectivity index (χ1n) is 9.09. The van der Waals surface area contributed by atoms with Gasteiger partial charge in [-0.05, 0) is 42.5 Å². The smallest absolute Gasteiger partial charge is 0.260 e. The van der Waals surface area contributed by atoms with Crippen LogP contribution in [0.5, 0.6) is 5.75 Å². The lowest BCUT2D eigenvalue weighted by atomic mass is 9.98. The van der Waals surface area contributed by atoms with Gasteiger partial charge in [0.2, 0.25) is 0 Å². The second-order valence-corrected chi connectivity index (χ2v) is 6.72. The molecular formula is C21H26N2O2. The van der Waals surface area contributed by atoms with Crippen molar-refractivity contribution in [3.63, 3.8) is 0 Å². The SMILES string of the molecule is CC[C@H](C)c1ccccc1OCC(=O)N1CC[C@@H](c2ccccn2)C1. The largest absolute Gasteiger partial charge is 0.483 e. The molecule has 1 aliphatic heterocycles. The summed E-state index contributed by atoms with van der Waals surface area (Å²) in [6.07, 6.45) is 3.83. The van der Waals surface area contributed by atoms with Crippen molar-refractivity contribution in [1.29, 1.82) is 0 Å². The van der Waals surface area contributed by atoms with Crippen LogP contribution in [0.2, 0.25) is 0 Å². The third-order valence-electron chi connectivity index (χ3n) is 5.06. The Morgan fingerprint density at radius 1 is 1.28 bits per heavy atom. The standard InChI is InChI=1S/C21H26N2O2/c1-3-16(2)18-8-4-5-10-20(18)25-15-21(24)23-13-11-17(14-23)19-9-6-7-12-22-19/h4-10,12,16-17H,3,11,13-15H2,1-2H3/t16-,17+/m0/s1. The summed E-state index contributed by atoms with van der Waals surface area (Å²) in [5.41, 5.74) is 2.24. The molecule has 3 rings (SSSR count). The molecular weight excluding hydrogens is 312 g/mol. The number of carbonyl (C=O) groups excluding carboxylic acids is 1. The monoisotopic (exact) mass is 338 g/mol. The highest BCUT2D eigenvalue weighted by atomic mass is 16.5. The summed E-state index contributed by atoms with van der Waals surface area (Å²) in [6.45, 7) is 5.95. The molecule has 1 saturated heterocycles. The molecule has 25 heavy (non-hydrogen) atoms. The zero-order valence-electron chi connectivity index (χ0n) is 15.0. The molecule has 0 unspecified atom stereocenters. The topological polar surface area (TPSA) is 42.4 Å². The minimum absolute atomic E-state index is 0.0531. The average molecular weight is 338 g/mol. The maximum atomic E-state index is 12.5. The Bertz CT molecular complexity index is 702. The average Bonchev–Trinajstić information content (AvgIpc) is 3.17. The number of likely N-dealkylation sites (tertiary alicyclic amines) is 1. The number of hydrogen-bond acceptors (Lipinski definition) is 3. The van der Waals surface area contributed by atoms with Crippen LogP contribution in [-0.4, -0.2) is 35.5 Å². The molecule has 4 nitrogen and oxygen atoms in total. The lowest BCUT2D eigenvalue weighted by Gasteiger charge is -2.19. The molecule has 1 amide bonds. The lowest BCUT2D eigenvalue weighted by Crippen LogP contribution is -2.33. The van der Waals surface area contributed by atoms with Gasteiger partial charge in [0.1, 0.15) is 5.75 Å². The van der Waals surface area contributed by atoms with Gasteiger partial charge in [-0.3, -0.25) is 9.78 Å². The van der Waals surface area contributed by atoms with E-state index in [-0.39, 0.29) is 12.5 Å². The van der Waals surface area contributed by atoms with E-state index in [0.29, 0.717) is 11.8 Å². The molecule has 2 heterocycles. The first kappa shape index (κ1) is 17.5. The molecule has 1 aliphatic rings. The number of rotatable bonds is 6. The van der Waals surface area contributed by atoms with Crippen molar-refractivity contribution in [1.82, 2.24) is 9.88 Å². The van der Waals surface area contributed by atoms with Gasteiger partial charge in [0.15, 0.2) is 6.61 Å². The van der Waals surface area contributed by atoms with E-state index < -0.39 is 0 Å². The number of para-hydroxylation sites is 1. The van der Waals surface area contributed by atoms with Crippen LogP contribution in [0.3, 0.4) is 0 Å². The second kappa shape index (κ2) is 8.15. The van der Waals surface area contributed by atoms with Gasteiger partial charge < -0.3 is 9.64 Å². The molecule has 1 aromatic heterocycles. The fourth-order valence-corrected chi connectivity index (χ4v) is 3.32. The summed E-state index contributed by atoms with van der Waals surface area (Å²) in [7, 11) is 0. The molecule has 2 aromatic rings. The highest BCUT2D eigenvalue weighted by Gasteiger charge is 2.28. The number of nitrogens with zero attached hydrogens (tertiary/aromatic N) is 2. The van der Waals surface area contributed by atoms with Gasteiger partial charge in [0.25, 0.3) is 5.91 Å². The van der Waals surface area contributed by atoms with Crippen molar-refractivity contribution in [3.8, 4) is 5.75 Å². The minimum Gasteiger partial charge on any atom is -0.483 e. The second-order valence-electron chi connectivity index (χ2n) is 6.72. The summed E-state index contributed by atoms with van der Waals surface area (Å²) in [6, 6.07) is 14.0. The number of carbonyl (C=O) groups is 1. The Morgan fingerprint density at radius 2 is 2.08 bits per heavy atom. The fourth-order valence-electron chi connectivity index (χ4n) is 3.32. The van der Waals surface area contributed by atoms with Gasteiger partial charge in [0.05, 0.1) is 0 Å². The van der Waals surface area contributed by atoms with E-state index in [1.807, 2.05) is 47.5 Å². The molecule has 0 bridgehead atoms. The Morgan fingerprint density at radius 3 is 2.84 bits per heavy atom. The highest BCUT2D eigenvalue weighted by Crippen LogP contribution is 2.29. The normalized spacial score (nSPS) is 18.2. The highest BCUT2D eigenvalue weighted by molar-refractivity contribution is 5.78. The van der Waals surface area contributed by atoms with Crippen molar-refractivity contribution in [2.24, 2.45) is 0 Å². The van der Waals surface area contributed by atoms with Crippen LogP contribution in [0.1, 0.15) is 49.8 Å². The lowest BCUT2D eigenvalue weighted by molar-refractivity contribution is -0.132. The van der Waals surface area contributed by atoms with E-state index in [0.717, 1.165) is 37.4 Å². The molecule has 2 atom stereocenters. The van der Waals surface area contributed by atoms with Crippen LogP contribution < -0.4 is 4.74 Å². The summed E-state index contributed by atoms with van der Waals surface area (Å²) < 4.78 is 5.87. The third kappa shape index (κ3) is 4.19. The zero-order chi connectivity index (χ0) is 17.6. The van der Waals surface area contributed by atoms with E-state index in [2.05, 4.69) is 24.9 Å². The van der Waals surface area contributed by atoms with Crippen molar-refractivity contribution in [2.75, 3.05) is 19.7 Å². The summed E-state index contributed by atoms with van der Waals surface area (Å²) >= 11 is 0. The number of amides is 1. The van der Waals surface area contributed by atoms with Gasteiger partial charge in [-0.15, -0.1) is 0 Å². The number of ether oxygens (including phenoxy) is 1. The Kier molecular flexibility index (Phi) is 5.69. The summed E-state index contributed by atoms with van der Waals surface area (Å²) in [5.74, 6) is 1.63. The van der Waals surface area contributed by atoms with Gasteiger partial charge in [0, 0.05) is 30.9 Å². The van der Waals surface area contributed by atoms with Crippen molar-refractivity contribution < 1.29 is 9.53 Å². The van der Waals surface area contributed by atoms with Gasteiger partial charge in [-0.1, -0.05) is 38.1 Å². The van der Waals surface area contributed by atoms with Gasteiger partial charge in [-0.25, -0.2) is 0 Å². The molecule has 0 spiro atoms. The first-order valence-corrected chi connectivity index (χ1v) is 9.09. The summed E-state index contributed by atoms with van der Waals surface area (Å²) in [5, 5.41) is 0. The molecule has 0 N–H and O–H groups in total. The number of hydrogen-bond donors (Lipinski definition) is 0. The molecule has 1 fully saturated rings. The van der Waals surface area contributed by atoms with Gasteiger partial charge in [-0.2, -0.15) is 0 Å². The third-order valence-corrected chi connectivity index (χ3v) is 5.06. The number of aromatic nitrogens is 1. The number of benzene rings is 1. The van der Waals surface area contributed by atoms with Crippen molar-refractivity contribution >= 4 is 5.91 Å². The van der Waals surface area contributed by atoms with Crippen LogP contribution in [0, 0.1) is 0 Å². The Labute approximate surface area is 149 Å². The number of pyridine rings is 1. The van der Waals surface area contributed by atoms with Crippen LogP contribution in [0.15, 0.2) is 48.7 Å². The molecule has 0 aliphatic carbocycles.